The molecule has 0 saturated carbocycles. The second-order valence-corrected chi connectivity index (χ2v) is 6.15. The molecule has 0 radical (unpaired) electrons. The molecule has 0 aliphatic heterocycles. The van der Waals surface area contributed by atoms with Crippen LogP contribution in [0.4, 0.5) is 0 Å². The number of halogens is 1. The van der Waals surface area contributed by atoms with Gasteiger partial charge in [-0.05, 0) is 37.6 Å². The Morgan fingerprint density at radius 3 is 2.61 bits per heavy atom. The average molecular weight is 292 g/mol. The lowest BCUT2D eigenvalue weighted by atomic mass is 10.2. The first-order chi connectivity index (χ1) is 8.22. The highest BCUT2D eigenvalue weighted by molar-refractivity contribution is 7.89. The number of benzene rings is 1. The summed E-state index contributed by atoms with van der Waals surface area (Å²) in [5.74, 6) is -1.06. The molecule has 5 nitrogen and oxygen atoms in total. The smallest absolute Gasteiger partial charge is 0.304 e. The Morgan fingerprint density at radius 2 is 2.11 bits per heavy atom. The summed E-state index contributed by atoms with van der Waals surface area (Å²) in [7, 11) is -3.72. The molecule has 0 aromatic heterocycles. The Balaban J connectivity index is 2.96. The number of aliphatic carboxylic acids is 1. The van der Waals surface area contributed by atoms with Gasteiger partial charge in [0.25, 0.3) is 0 Å². The number of carbonyl (C=O) groups is 1. The lowest BCUT2D eigenvalue weighted by Crippen LogP contribution is -2.34. The molecule has 1 unspecified atom stereocenters. The van der Waals surface area contributed by atoms with Crippen LogP contribution in [-0.4, -0.2) is 25.5 Å². The molecule has 0 aliphatic carbocycles. The fourth-order valence-corrected chi connectivity index (χ4v) is 3.24. The van der Waals surface area contributed by atoms with Crippen LogP contribution in [0.5, 0.6) is 0 Å². The minimum absolute atomic E-state index is 0.101. The van der Waals surface area contributed by atoms with Gasteiger partial charge in [-0.2, -0.15) is 0 Å². The van der Waals surface area contributed by atoms with E-state index in [0.717, 1.165) is 0 Å². The van der Waals surface area contributed by atoms with Gasteiger partial charge in [0, 0.05) is 11.1 Å². The maximum absolute atomic E-state index is 12.0. The highest BCUT2D eigenvalue weighted by Crippen LogP contribution is 2.19. The second-order valence-electron chi connectivity index (χ2n) is 4.03. The summed E-state index contributed by atoms with van der Waals surface area (Å²) in [4.78, 5) is 10.6. The molecule has 1 aromatic carbocycles. The number of rotatable bonds is 5. The zero-order valence-electron chi connectivity index (χ0n) is 9.97. The van der Waals surface area contributed by atoms with Crippen LogP contribution < -0.4 is 4.72 Å². The van der Waals surface area contributed by atoms with Crippen molar-refractivity contribution in [1.29, 1.82) is 0 Å². The van der Waals surface area contributed by atoms with Crippen molar-refractivity contribution in [2.24, 2.45) is 0 Å². The molecule has 0 heterocycles. The SMILES string of the molecule is Cc1cc(Cl)ccc1S(=O)(=O)NC(C)CC(=O)O. The molecule has 7 heteroatoms. The van der Waals surface area contributed by atoms with E-state index in [1.54, 1.807) is 6.92 Å². The molecule has 1 atom stereocenters. The van der Waals surface area contributed by atoms with E-state index in [9.17, 15) is 13.2 Å². The van der Waals surface area contributed by atoms with E-state index in [1.165, 1.54) is 25.1 Å². The van der Waals surface area contributed by atoms with Gasteiger partial charge >= 0.3 is 5.97 Å². The largest absolute Gasteiger partial charge is 0.481 e. The fourth-order valence-electron chi connectivity index (χ4n) is 1.55. The van der Waals surface area contributed by atoms with E-state index < -0.39 is 22.0 Å². The van der Waals surface area contributed by atoms with Gasteiger partial charge in [0.2, 0.25) is 10.0 Å². The van der Waals surface area contributed by atoms with Crippen molar-refractivity contribution in [1.82, 2.24) is 4.72 Å². The number of sulfonamides is 1. The third-order valence-corrected chi connectivity index (χ3v) is 4.25. The molecule has 1 aromatic rings. The summed E-state index contributed by atoms with van der Waals surface area (Å²) < 4.78 is 26.3. The van der Waals surface area contributed by atoms with Crippen LogP contribution in [-0.2, 0) is 14.8 Å². The zero-order valence-corrected chi connectivity index (χ0v) is 11.5. The Labute approximate surface area is 111 Å². The van der Waals surface area contributed by atoms with Crippen molar-refractivity contribution in [3.63, 3.8) is 0 Å². The third-order valence-electron chi connectivity index (χ3n) is 2.26. The minimum Gasteiger partial charge on any atom is -0.481 e. The molecule has 0 amide bonds. The summed E-state index contributed by atoms with van der Waals surface area (Å²) in [6.07, 6.45) is -0.272. The standard InChI is InChI=1S/C11H14ClNO4S/c1-7-5-9(12)3-4-10(7)18(16,17)13-8(2)6-11(14)15/h3-5,8,13H,6H2,1-2H3,(H,14,15). The van der Waals surface area contributed by atoms with Crippen LogP contribution in [0.25, 0.3) is 0 Å². The van der Waals surface area contributed by atoms with E-state index >= 15 is 0 Å². The van der Waals surface area contributed by atoms with Crippen LogP contribution >= 0.6 is 11.6 Å². The molecule has 0 bridgehead atoms. The van der Waals surface area contributed by atoms with Crippen molar-refractivity contribution in [2.45, 2.75) is 31.2 Å². The molecule has 2 N–H and O–H groups in total. The first kappa shape index (κ1) is 14.9. The van der Waals surface area contributed by atoms with Gasteiger partial charge < -0.3 is 5.11 Å². The number of hydrogen-bond donors (Lipinski definition) is 2. The predicted octanol–water partition coefficient (Wildman–Crippen LogP) is 1.79. The van der Waals surface area contributed by atoms with Crippen molar-refractivity contribution >= 4 is 27.6 Å². The van der Waals surface area contributed by atoms with Gasteiger partial charge in [-0.15, -0.1) is 0 Å². The molecule has 18 heavy (non-hydrogen) atoms. The van der Waals surface area contributed by atoms with Crippen molar-refractivity contribution in [3.8, 4) is 0 Å². The third kappa shape index (κ3) is 3.97. The molecule has 0 aliphatic rings. The normalized spacial score (nSPS) is 13.3. The lowest BCUT2D eigenvalue weighted by molar-refractivity contribution is -0.137. The van der Waals surface area contributed by atoms with Crippen LogP contribution in [0.2, 0.25) is 5.02 Å². The summed E-state index contributed by atoms with van der Waals surface area (Å²) in [5, 5.41) is 9.04. The van der Waals surface area contributed by atoms with Gasteiger partial charge in [-0.1, -0.05) is 11.6 Å². The monoisotopic (exact) mass is 291 g/mol. The summed E-state index contributed by atoms with van der Waals surface area (Å²) in [6, 6.07) is 3.73. The topological polar surface area (TPSA) is 83.5 Å². The molecule has 0 saturated heterocycles. The molecule has 0 spiro atoms. The van der Waals surface area contributed by atoms with Crippen LogP contribution in [0, 0.1) is 6.92 Å². The first-order valence-corrected chi connectivity index (χ1v) is 7.09. The maximum atomic E-state index is 12.0. The summed E-state index contributed by atoms with van der Waals surface area (Å²) in [6.45, 7) is 3.12. The van der Waals surface area contributed by atoms with Gasteiger partial charge in [0.15, 0.2) is 0 Å². The number of carboxylic acids is 1. The minimum atomic E-state index is -3.72. The van der Waals surface area contributed by atoms with Gasteiger partial charge in [0.05, 0.1) is 11.3 Å². The summed E-state index contributed by atoms with van der Waals surface area (Å²) in [5.41, 5.74) is 0.512. The van der Waals surface area contributed by atoms with E-state index in [1.807, 2.05) is 0 Å². The maximum Gasteiger partial charge on any atom is 0.304 e. The van der Waals surface area contributed by atoms with E-state index in [4.69, 9.17) is 16.7 Å². The average Bonchev–Trinajstić information content (AvgIpc) is 2.13. The van der Waals surface area contributed by atoms with Crippen LogP contribution in [0.1, 0.15) is 18.9 Å². The Bertz CT molecular complexity index is 556. The quantitative estimate of drug-likeness (QED) is 0.866. The zero-order chi connectivity index (χ0) is 13.9. The second kappa shape index (κ2) is 5.69. The van der Waals surface area contributed by atoms with E-state index in [2.05, 4.69) is 4.72 Å². The Hall–Kier alpha value is -1.11. The highest BCUT2D eigenvalue weighted by atomic mass is 35.5. The molecule has 0 fully saturated rings. The molecule has 1 rings (SSSR count). The molecule has 100 valence electrons. The number of nitrogens with one attached hydrogen (secondary N) is 1. The van der Waals surface area contributed by atoms with E-state index in [-0.39, 0.29) is 11.3 Å². The predicted molar refractivity (Wildman–Crippen MR) is 68.2 cm³/mol. The molecular weight excluding hydrogens is 278 g/mol. The van der Waals surface area contributed by atoms with Gasteiger partial charge in [-0.25, -0.2) is 13.1 Å². The fraction of sp³-hybridized carbons (Fsp3) is 0.364. The van der Waals surface area contributed by atoms with Crippen molar-refractivity contribution in [2.75, 3.05) is 0 Å². The number of hydrogen-bond acceptors (Lipinski definition) is 3. The first-order valence-electron chi connectivity index (χ1n) is 5.22. The Morgan fingerprint density at radius 1 is 1.50 bits per heavy atom. The van der Waals surface area contributed by atoms with Gasteiger partial charge in [0.1, 0.15) is 0 Å². The highest BCUT2D eigenvalue weighted by Gasteiger charge is 2.20. The van der Waals surface area contributed by atoms with Crippen molar-refractivity contribution < 1.29 is 18.3 Å². The van der Waals surface area contributed by atoms with E-state index in [0.29, 0.717) is 10.6 Å². The Kier molecular flexibility index (Phi) is 4.72. The van der Waals surface area contributed by atoms with Gasteiger partial charge in [-0.3, -0.25) is 4.79 Å². The summed E-state index contributed by atoms with van der Waals surface area (Å²) >= 11 is 5.75. The number of carboxylic acid groups (broad SMARTS) is 1. The lowest BCUT2D eigenvalue weighted by Gasteiger charge is -2.13. The van der Waals surface area contributed by atoms with Crippen molar-refractivity contribution in [3.05, 3.63) is 28.8 Å². The molecular formula is C11H14ClNO4S. The van der Waals surface area contributed by atoms with Crippen LogP contribution in [0.15, 0.2) is 23.1 Å². The number of aryl methyl sites for hydroxylation is 1. The van der Waals surface area contributed by atoms with Crippen LogP contribution in [0.3, 0.4) is 0 Å².